The van der Waals surface area contributed by atoms with Gasteiger partial charge >= 0.3 is 11.9 Å². The van der Waals surface area contributed by atoms with E-state index in [0.29, 0.717) is 12.0 Å². The fourth-order valence-corrected chi connectivity index (χ4v) is 2.40. The molecule has 0 unspecified atom stereocenters. The number of aliphatic carboxylic acids is 2. The number of hydrogen-bond donors (Lipinski definition) is 2. The molecule has 0 amide bonds. The van der Waals surface area contributed by atoms with Crippen LogP contribution in [-0.4, -0.2) is 22.2 Å². The molecule has 4 nitrogen and oxygen atoms in total. The van der Waals surface area contributed by atoms with E-state index in [4.69, 9.17) is 5.11 Å². The molecule has 0 aliphatic carbocycles. The van der Waals surface area contributed by atoms with E-state index in [1.54, 1.807) is 0 Å². The van der Waals surface area contributed by atoms with Gasteiger partial charge < -0.3 is 10.2 Å². The van der Waals surface area contributed by atoms with E-state index in [9.17, 15) is 14.7 Å². The molecule has 0 saturated carbocycles. The molecule has 0 aliphatic heterocycles. The lowest BCUT2D eigenvalue weighted by molar-refractivity contribution is -0.139. The maximum Gasteiger partial charge on any atom is 0.332 e. The Morgan fingerprint density at radius 1 is 0.913 bits per heavy atom. The highest BCUT2D eigenvalue weighted by molar-refractivity contribution is 6.00. The summed E-state index contributed by atoms with van der Waals surface area (Å²) in [7, 11) is 0. The molecular weight excluding hydrogens is 292 g/mol. The first-order valence-electron chi connectivity index (χ1n) is 7.25. The zero-order valence-electron chi connectivity index (χ0n) is 12.8. The summed E-state index contributed by atoms with van der Waals surface area (Å²) in [4.78, 5) is 22.6. The fourth-order valence-electron chi connectivity index (χ4n) is 2.40. The third kappa shape index (κ3) is 4.54. The Bertz CT molecular complexity index is 728. The van der Waals surface area contributed by atoms with Gasteiger partial charge in [-0.3, -0.25) is 4.79 Å². The molecular formula is C19H18O4. The van der Waals surface area contributed by atoms with Gasteiger partial charge in [0.1, 0.15) is 0 Å². The van der Waals surface area contributed by atoms with E-state index < -0.39 is 18.4 Å². The molecule has 0 aromatic heterocycles. The van der Waals surface area contributed by atoms with Gasteiger partial charge in [-0.05, 0) is 30.0 Å². The van der Waals surface area contributed by atoms with Crippen LogP contribution in [0.25, 0.3) is 5.57 Å². The van der Waals surface area contributed by atoms with Gasteiger partial charge in [0.25, 0.3) is 0 Å². The molecule has 0 fully saturated rings. The maximum absolute atomic E-state index is 11.6. The van der Waals surface area contributed by atoms with E-state index in [-0.39, 0.29) is 5.57 Å². The van der Waals surface area contributed by atoms with E-state index in [0.717, 1.165) is 16.7 Å². The molecule has 0 bridgehead atoms. The summed E-state index contributed by atoms with van der Waals surface area (Å²) in [6.45, 7) is 1.94. The molecule has 4 heteroatoms. The van der Waals surface area contributed by atoms with Crippen LogP contribution >= 0.6 is 0 Å². The molecule has 0 radical (unpaired) electrons. The van der Waals surface area contributed by atoms with Crippen molar-refractivity contribution in [2.24, 2.45) is 0 Å². The molecule has 2 aromatic rings. The molecule has 0 heterocycles. The van der Waals surface area contributed by atoms with Gasteiger partial charge in [-0.2, -0.15) is 0 Å². The van der Waals surface area contributed by atoms with Crippen molar-refractivity contribution in [2.75, 3.05) is 0 Å². The monoisotopic (exact) mass is 310 g/mol. The van der Waals surface area contributed by atoms with Crippen molar-refractivity contribution in [2.45, 2.75) is 19.8 Å². The predicted octanol–water partition coefficient (Wildman–Crippen LogP) is 3.55. The van der Waals surface area contributed by atoms with E-state index in [1.807, 2.05) is 61.5 Å². The second-order valence-corrected chi connectivity index (χ2v) is 5.36. The third-order valence-corrected chi connectivity index (χ3v) is 3.57. The Kier molecular flexibility index (Phi) is 5.31. The van der Waals surface area contributed by atoms with Crippen molar-refractivity contribution in [3.63, 3.8) is 0 Å². The lowest BCUT2D eigenvalue weighted by Gasteiger charge is -2.13. The summed E-state index contributed by atoms with van der Waals surface area (Å²) < 4.78 is 0. The molecule has 2 rings (SSSR count). The van der Waals surface area contributed by atoms with Crippen LogP contribution in [0.1, 0.15) is 23.1 Å². The van der Waals surface area contributed by atoms with Gasteiger partial charge in [0, 0.05) is 0 Å². The minimum atomic E-state index is -1.20. The second-order valence-electron chi connectivity index (χ2n) is 5.36. The van der Waals surface area contributed by atoms with Crippen molar-refractivity contribution in [1.29, 1.82) is 0 Å². The lowest BCUT2D eigenvalue weighted by atomic mass is 9.91. The van der Waals surface area contributed by atoms with Crippen LogP contribution < -0.4 is 0 Å². The zero-order valence-corrected chi connectivity index (χ0v) is 12.8. The van der Waals surface area contributed by atoms with E-state index in [1.165, 1.54) is 0 Å². The highest BCUT2D eigenvalue weighted by atomic mass is 16.4. The van der Waals surface area contributed by atoms with Crippen molar-refractivity contribution in [3.8, 4) is 0 Å². The Balaban J connectivity index is 2.54. The number of rotatable bonds is 6. The lowest BCUT2D eigenvalue weighted by Crippen LogP contribution is -2.11. The summed E-state index contributed by atoms with van der Waals surface area (Å²) >= 11 is 0. The van der Waals surface area contributed by atoms with E-state index >= 15 is 0 Å². The van der Waals surface area contributed by atoms with Gasteiger partial charge in [-0.15, -0.1) is 0 Å². The van der Waals surface area contributed by atoms with Crippen LogP contribution in [0.4, 0.5) is 0 Å². The largest absolute Gasteiger partial charge is 0.481 e. The van der Waals surface area contributed by atoms with Crippen LogP contribution in [0, 0.1) is 6.92 Å². The van der Waals surface area contributed by atoms with E-state index in [2.05, 4.69) is 0 Å². The number of carboxylic acid groups (broad SMARTS) is 2. The number of hydrogen-bond acceptors (Lipinski definition) is 2. The Hall–Kier alpha value is -2.88. The van der Waals surface area contributed by atoms with Crippen LogP contribution in [-0.2, 0) is 16.0 Å². The van der Waals surface area contributed by atoms with Gasteiger partial charge in [0.05, 0.1) is 12.0 Å². The summed E-state index contributed by atoms with van der Waals surface area (Å²) in [6, 6.07) is 16.9. The summed E-state index contributed by atoms with van der Waals surface area (Å²) in [5.74, 6) is -2.35. The second kappa shape index (κ2) is 7.40. The molecule has 0 saturated heterocycles. The number of allylic oxidation sites excluding steroid dienone is 1. The maximum atomic E-state index is 11.6. The van der Waals surface area contributed by atoms with Crippen LogP contribution in [0.15, 0.2) is 60.2 Å². The van der Waals surface area contributed by atoms with Gasteiger partial charge in [-0.25, -0.2) is 4.79 Å². The minimum absolute atomic E-state index is 0.0785. The molecule has 0 atom stereocenters. The molecule has 2 N–H and O–H groups in total. The van der Waals surface area contributed by atoms with Crippen molar-refractivity contribution >= 4 is 17.5 Å². The standard InChI is InChI=1S/C19H18O4/c1-13-7-9-15(10-8-13)16(11-14-5-3-2-4-6-14)17(19(22)23)12-18(20)21/h2-10H,11-12H2,1H3,(H,20,21)(H,22,23). The van der Waals surface area contributed by atoms with Crippen LogP contribution in [0.5, 0.6) is 0 Å². The predicted molar refractivity (Wildman–Crippen MR) is 88.1 cm³/mol. The van der Waals surface area contributed by atoms with Crippen LogP contribution in [0.3, 0.4) is 0 Å². The molecule has 2 aromatic carbocycles. The van der Waals surface area contributed by atoms with Crippen molar-refractivity contribution in [1.82, 2.24) is 0 Å². The highest BCUT2D eigenvalue weighted by Crippen LogP contribution is 2.26. The summed E-state index contributed by atoms with van der Waals surface area (Å²) in [5, 5.41) is 18.5. The van der Waals surface area contributed by atoms with Gasteiger partial charge in [-0.1, -0.05) is 60.2 Å². The first-order chi connectivity index (χ1) is 11.0. The number of benzene rings is 2. The Morgan fingerprint density at radius 2 is 1.52 bits per heavy atom. The quantitative estimate of drug-likeness (QED) is 0.800. The Morgan fingerprint density at radius 3 is 2.04 bits per heavy atom. The first kappa shape index (κ1) is 16.5. The summed E-state index contributed by atoms with van der Waals surface area (Å²) in [5.41, 5.74) is 3.18. The molecule has 0 spiro atoms. The SMILES string of the molecule is Cc1ccc(C(Cc2ccccc2)=C(CC(=O)O)C(=O)O)cc1. The third-order valence-electron chi connectivity index (χ3n) is 3.57. The summed E-state index contributed by atoms with van der Waals surface area (Å²) in [6.07, 6.45) is -0.135. The zero-order chi connectivity index (χ0) is 16.8. The smallest absolute Gasteiger partial charge is 0.332 e. The van der Waals surface area contributed by atoms with Gasteiger partial charge in [0.15, 0.2) is 0 Å². The average molecular weight is 310 g/mol. The molecule has 23 heavy (non-hydrogen) atoms. The normalized spacial score (nSPS) is 11.7. The molecule has 0 aliphatic rings. The Labute approximate surface area is 134 Å². The first-order valence-corrected chi connectivity index (χ1v) is 7.25. The fraction of sp³-hybridized carbons (Fsp3) is 0.158. The van der Waals surface area contributed by atoms with Crippen molar-refractivity contribution < 1.29 is 19.8 Å². The number of carboxylic acids is 2. The molecule has 118 valence electrons. The highest BCUT2D eigenvalue weighted by Gasteiger charge is 2.19. The van der Waals surface area contributed by atoms with Crippen LogP contribution in [0.2, 0.25) is 0 Å². The van der Waals surface area contributed by atoms with Crippen molar-refractivity contribution in [3.05, 3.63) is 76.9 Å². The number of aryl methyl sites for hydroxylation is 1. The average Bonchev–Trinajstić information content (AvgIpc) is 2.52. The topological polar surface area (TPSA) is 74.6 Å². The number of carbonyl (C=O) groups is 2. The van der Waals surface area contributed by atoms with Gasteiger partial charge in [0.2, 0.25) is 0 Å². The minimum Gasteiger partial charge on any atom is -0.481 e.